The Balaban J connectivity index is 2.31. The molecule has 1 aromatic carbocycles. The van der Waals surface area contributed by atoms with Gasteiger partial charge in [0.15, 0.2) is 0 Å². The zero-order valence-corrected chi connectivity index (χ0v) is 9.67. The molecule has 0 bridgehead atoms. The lowest BCUT2D eigenvalue weighted by Gasteiger charge is -2.35. The van der Waals surface area contributed by atoms with Crippen molar-refractivity contribution >= 4 is 0 Å². The molecule has 15 heavy (non-hydrogen) atoms. The van der Waals surface area contributed by atoms with E-state index >= 15 is 0 Å². The van der Waals surface area contributed by atoms with Gasteiger partial charge in [0.25, 0.3) is 0 Å². The first-order chi connectivity index (χ1) is 7.17. The lowest BCUT2D eigenvalue weighted by molar-refractivity contribution is 0.0609. The van der Waals surface area contributed by atoms with Gasteiger partial charge in [-0.05, 0) is 37.8 Å². The maximum Gasteiger partial charge on any atom is 0.127 e. The predicted octanol–water partition coefficient (Wildman–Crippen LogP) is 3.19. The SMILES string of the molecule is CCC1(C)CCc2ccc(OC)cc2O1. The molecule has 1 aliphatic rings. The molecule has 0 radical (unpaired) electrons. The lowest BCUT2D eigenvalue weighted by atomic mass is 9.90. The molecular weight excluding hydrogens is 188 g/mol. The topological polar surface area (TPSA) is 18.5 Å². The summed E-state index contributed by atoms with van der Waals surface area (Å²) in [5.41, 5.74) is 1.29. The fraction of sp³-hybridized carbons (Fsp3) is 0.538. The number of hydrogen-bond donors (Lipinski definition) is 0. The van der Waals surface area contributed by atoms with Crippen molar-refractivity contribution in [1.29, 1.82) is 0 Å². The quantitative estimate of drug-likeness (QED) is 0.739. The number of ether oxygens (including phenoxy) is 2. The van der Waals surface area contributed by atoms with Gasteiger partial charge < -0.3 is 9.47 Å². The molecule has 2 rings (SSSR count). The van der Waals surface area contributed by atoms with E-state index in [2.05, 4.69) is 19.9 Å². The van der Waals surface area contributed by atoms with E-state index in [4.69, 9.17) is 9.47 Å². The van der Waals surface area contributed by atoms with Crippen LogP contribution < -0.4 is 9.47 Å². The molecule has 0 fully saturated rings. The first-order valence-corrected chi connectivity index (χ1v) is 5.53. The van der Waals surface area contributed by atoms with E-state index in [1.54, 1.807) is 7.11 Å². The second-order valence-corrected chi connectivity index (χ2v) is 4.38. The van der Waals surface area contributed by atoms with Crippen LogP contribution in [0.15, 0.2) is 18.2 Å². The summed E-state index contributed by atoms with van der Waals surface area (Å²) >= 11 is 0. The van der Waals surface area contributed by atoms with Gasteiger partial charge in [-0.2, -0.15) is 0 Å². The van der Waals surface area contributed by atoms with Gasteiger partial charge in [0.1, 0.15) is 17.1 Å². The Morgan fingerprint density at radius 3 is 2.93 bits per heavy atom. The Bertz CT molecular complexity index is 360. The Hall–Kier alpha value is -1.18. The third-order valence-corrected chi connectivity index (χ3v) is 3.30. The minimum absolute atomic E-state index is 0.000630. The molecule has 0 aliphatic carbocycles. The first-order valence-electron chi connectivity index (χ1n) is 5.53. The van der Waals surface area contributed by atoms with Crippen LogP contribution in [-0.4, -0.2) is 12.7 Å². The molecule has 1 heterocycles. The van der Waals surface area contributed by atoms with Crippen LogP contribution in [0.4, 0.5) is 0 Å². The molecule has 82 valence electrons. The van der Waals surface area contributed by atoms with Gasteiger partial charge >= 0.3 is 0 Å². The molecule has 1 atom stereocenters. The molecule has 0 saturated carbocycles. The molecule has 0 amide bonds. The summed E-state index contributed by atoms with van der Waals surface area (Å²) in [4.78, 5) is 0. The van der Waals surface area contributed by atoms with Crippen molar-refractivity contribution < 1.29 is 9.47 Å². The molecule has 1 aliphatic heterocycles. The fourth-order valence-corrected chi connectivity index (χ4v) is 1.93. The van der Waals surface area contributed by atoms with E-state index in [1.807, 2.05) is 12.1 Å². The number of methoxy groups -OCH3 is 1. The Labute approximate surface area is 91.2 Å². The predicted molar refractivity (Wildman–Crippen MR) is 60.6 cm³/mol. The van der Waals surface area contributed by atoms with Crippen LogP contribution in [0.1, 0.15) is 32.3 Å². The highest BCUT2D eigenvalue weighted by molar-refractivity contribution is 5.42. The third-order valence-electron chi connectivity index (χ3n) is 3.30. The number of benzene rings is 1. The van der Waals surface area contributed by atoms with Crippen LogP contribution in [0.3, 0.4) is 0 Å². The van der Waals surface area contributed by atoms with Gasteiger partial charge in [-0.15, -0.1) is 0 Å². The van der Waals surface area contributed by atoms with E-state index in [0.29, 0.717) is 0 Å². The van der Waals surface area contributed by atoms with E-state index in [1.165, 1.54) is 5.56 Å². The van der Waals surface area contributed by atoms with Gasteiger partial charge in [-0.25, -0.2) is 0 Å². The molecule has 1 aromatic rings. The zero-order chi connectivity index (χ0) is 10.9. The molecular formula is C13H18O2. The van der Waals surface area contributed by atoms with Crippen LogP contribution in [0.2, 0.25) is 0 Å². The number of rotatable bonds is 2. The molecule has 2 heteroatoms. The molecule has 2 nitrogen and oxygen atoms in total. The van der Waals surface area contributed by atoms with E-state index in [0.717, 1.165) is 30.8 Å². The zero-order valence-electron chi connectivity index (χ0n) is 9.67. The molecule has 0 spiro atoms. The number of hydrogen-bond acceptors (Lipinski definition) is 2. The largest absolute Gasteiger partial charge is 0.497 e. The van der Waals surface area contributed by atoms with Crippen LogP contribution >= 0.6 is 0 Å². The molecule has 1 unspecified atom stereocenters. The van der Waals surface area contributed by atoms with Gasteiger partial charge in [0.05, 0.1) is 7.11 Å². The van der Waals surface area contributed by atoms with Crippen molar-refractivity contribution in [3.05, 3.63) is 23.8 Å². The fourth-order valence-electron chi connectivity index (χ4n) is 1.93. The smallest absolute Gasteiger partial charge is 0.127 e. The summed E-state index contributed by atoms with van der Waals surface area (Å²) in [7, 11) is 1.68. The minimum atomic E-state index is -0.000630. The number of fused-ring (bicyclic) bond motifs is 1. The van der Waals surface area contributed by atoms with Crippen molar-refractivity contribution in [2.45, 2.75) is 38.7 Å². The van der Waals surface area contributed by atoms with Crippen LogP contribution in [0, 0.1) is 0 Å². The monoisotopic (exact) mass is 206 g/mol. The number of aryl methyl sites for hydroxylation is 1. The van der Waals surface area contributed by atoms with E-state index in [9.17, 15) is 0 Å². The van der Waals surface area contributed by atoms with E-state index in [-0.39, 0.29) is 5.60 Å². The van der Waals surface area contributed by atoms with Gasteiger partial charge in [0.2, 0.25) is 0 Å². The van der Waals surface area contributed by atoms with Crippen LogP contribution in [0.5, 0.6) is 11.5 Å². The van der Waals surface area contributed by atoms with Crippen LogP contribution in [-0.2, 0) is 6.42 Å². The maximum absolute atomic E-state index is 6.03. The van der Waals surface area contributed by atoms with Crippen molar-refractivity contribution in [3.63, 3.8) is 0 Å². The highest BCUT2D eigenvalue weighted by atomic mass is 16.5. The second-order valence-electron chi connectivity index (χ2n) is 4.38. The van der Waals surface area contributed by atoms with E-state index < -0.39 is 0 Å². The molecule has 0 aromatic heterocycles. The van der Waals surface area contributed by atoms with Gasteiger partial charge in [-0.1, -0.05) is 13.0 Å². The second kappa shape index (κ2) is 3.76. The molecule has 0 N–H and O–H groups in total. The summed E-state index contributed by atoms with van der Waals surface area (Å²) in [5.74, 6) is 1.86. The first kappa shape index (κ1) is 10.3. The standard InChI is InChI=1S/C13H18O2/c1-4-13(2)8-7-10-5-6-11(14-3)9-12(10)15-13/h5-6,9H,4,7-8H2,1-3H3. The summed E-state index contributed by atoms with van der Waals surface area (Å²) in [5, 5.41) is 0. The van der Waals surface area contributed by atoms with Crippen molar-refractivity contribution in [2.24, 2.45) is 0 Å². The minimum Gasteiger partial charge on any atom is -0.497 e. The molecule has 0 saturated heterocycles. The van der Waals surface area contributed by atoms with Gasteiger partial charge in [0, 0.05) is 6.07 Å². The average Bonchev–Trinajstić information content (AvgIpc) is 2.28. The maximum atomic E-state index is 6.03. The summed E-state index contributed by atoms with van der Waals surface area (Å²) in [6, 6.07) is 6.09. The van der Waals surface area contributed by atoms with Crippen molar-refractivity contribution in [2.75, 3.05) is 7.11 Å². The highest BCUT2D eigenvalue weighted by Gasteiger charge is 2.29. The Morgan fingerprint density at radius 2 is 2.27 bits per heavy atom. The Morgan fingerprint density at radius 1 is 1.47 bits per heavy atom. The normalized spacial score (nSPS) is 24.2. The Kier molecular flexibility index (Phi) is 2.59. The summed E-state index contributed by atoms with van der Waals surface area (Å²) in [6.07, 6.45) is 3.25. The highest BCUT2D eigenvalue weighted by Crippen LogP contribution is 2.36. The lowest BCUT2D eigenvalue weighted by Crippen LogP contribution is -2.35. The average molecular weight is 206 g/mol. The van der Waals surface area contributed by atoms with Crippen molar-refractivity contribution in [3.8, 4) is 11.5 Å². The summed E-state index contributed by atoms with van der Waals surface area (Å²) < 4.78 is 11.2. The van der Waals surface area contributed by atoms with Crippen molar-refractivity contribution in [1.82, 2.24) is 0 Å². The van der Waals surface area contributed by atoms with Crippen LogP contribution in [0.25, 0.3) is 0 Å². The van der Waals surface area contributed by atoms with Gasteiger partial charge in [-0.3, -0.25) is 0 Å². The summed E-state index contributed by atoms with van der Waals surface area (Å²) in [6.45, 7) is 4.35. The third kappa shape index (κ3) is 1.94.